The highest BCUT2D eigenvalue weighted by atomic mass is 16.5. The highest BCUT2D eigenvalue weighted by Crippen LogP contribution is 2.30. The molecule has 0 aromatic carbocycles. The van der Waals surface area contributed by atoms with E-state index in [1.54, 1.807) is 0 Å². The first-order chi connectivity index (χ1) is 11.6. The van der Waals surface area contributed by atoms with Gasteiger partial charge < -0.3 is 15.2 Å². The third-order valence-electron chi connectivity index (χ3n) is 4.40. The van der Waals surface area contributed by atoms with E-state index in [1.807, 2.05) is 0 Å². The fourth-order valence-electron chi connectivity index (χ4n) is 3.08. The van der Waals surface area contributed by atoms with Gasteiger partial charge in [0, 0.05) is 12.3 Å². The Morgan fingerprint density at radius 3 is 2.79 bits per heavy atom. The summed E-state index contributed by atoms with van der Waals surface area (Å²) < 4.78 is 5.19. The van der Waals surface area contributed by atoms with Crippen molar-refractivity contribution in [2.45, 2.75) is 63.5 Å². The molecule has 1 atom stereocenters. The van der Waals surface area contributed by atoms with Crippen molar-refractivity contribution in [3.05, 3.63) is 11.7 Å². The maximum atomic E-state index is 12.1. The molecule has 2 fully saturated rings. The van der Waals surface area contributed by atoms with Crippen molar-refractivity contribution < 1.29 is 18.9 Å². The predicted octanol–water partition coefficient (Wildman–Crippen LogP) is 0.722. The Morgan fingerprint density at radius 2 is 2.00 bits per heavy atom. The van der Waals surface area contributed by atoms with Crippen molar-refractivity contribution in [2.24, 2.45) is 0 Å². The lowest BCUT2D eigenvalue weighted by Gasteiger charge is -2.17. The molecule has 24 heavy (non-hydrogen) atoms. The molecule has 9 nitrogen and oxygen atoms in total. The van der Waals surface area contributed by atoms with Crippen LogP contribution in [-0.4, -0.2) is 34.0 Å². The Balaban J connectivity index is 1.51. The zero-order valence-corrected chi connectivity index (χ0v) is 13.3. The number of hydrogen-bond acceptors (Lipinski definition) is 6. The molecule has 2 heterocycles. The van der Waals surface area contributed by atoms with Crippen LogP contribution in [-0.2, 0) is 16.1 Å². The SMILES string of the molecule is O=C1CC[C@@H](C(=O)NCc2nc(C3CCCCC3)no2)NC(=O)N1. The lowest BCUT2D eigenvalue weighted by molar-refractivity contribution is -0.123. The molecule has 3 rings (SSSR count). The third kappa shape index (κ3) is 4.09. The molecule has 3 N–H and O–H groups in total. The molecule has 1 aliphatic carbocycles. The Labute approximate surface area is 138 Å². The van der Waals surface area contributed by atoms with Crippen LogP contribution >= 0.6 is 0 Å². The summed E-state index contributed by atoms with van der Waals surface area (Å²) in [6, 6.07) is -1.41. The van der Waals surface area contributed by atoms with E-state index in [0.717, 1.165) is 12.8 Å². The topological polar surface area (TPSA) is 126 Å². The molecule has 0 spiro atoms. The smallest absolute Gasteiger partial charge is 0.322 e. The van der Waals surface area contributed by atoms with Crippen LogP contribution in [0.2, 0.25) is 0 Å². The molecule has 4 amide bonds. The summed E-state index contributed by atoms with van der Waals surface area (Å²) in [6.07, 6.45) is 6.12. The summed E-state index contributed by atoms with van der Waals surface area (Å²) in [5, 5.41) is 11.2. The summed E-state index contributed by atoms with van der Waals surface area (Å²) in [5.74, 6) is 0.619. The van der Waals surface area contributed by atoms with Gasteiger partial charge in [0.15, 0.2) is 5.82 Å². The second kappa shape index (κ2) is 7.41. The van der Waals surface area contributed by atoms with Crippen LogP contribution in [0.4, 0.5) is 4.79 Å². The minimum absolute atomic E-state index is 0.103. The number of imide groups is 1. The largest absolute Gasteiger partial charge is 0.345 e. The first-order valence-electron chi connectivity index (χ1n) is 8.32. The van der Waals surface area contributed by atoms with Crippen LogP contribution in [0.3, 0.4) is 0 Å². The highest BCUT2D eigenvalue weighted by Gasteiger charge is 2.26. The Bertz CT molecular complexity index is 623. The van der Waals surface area contributed by atoms with Gasteiger partial charge in [0.2, 0.25) is 17.7 Å². The molecular weight excluding hydrogens is 314 g/mol. The van der Waals surface area contributed by atoms with Gasteiger partial charge in [0.05, 0.1) is 6.54 Å². The monoisotopic (exact) mass is 335 g/mol. The summed E-state index contributed by atoms with van der Waals surface area (Å²) in [5.41, 5.74) is 0. The maximum Gasteiger partial charge on any atom is 0.322 e. The second-order valence-electron chi connectivity index (χ2n) is 6.21. The number of urea groups is 1. The summed E-state index contributed by atoms with van der Waals surface area (Å²) >= 11 is 0. The van der Waals surface area contributed by atoms with E-state index in [9.17, 15) is 14.4 Å². The van der Waals surface area contributed by atoms with E-state index < -0.39 is 18.0 Å². The van der Waals surface area contributed by atoms with E-state index in [1.165, 1.54) is 19.3 Å². The van der Waals surface area contributed by atoms with Gasteiger partial charge in [-0.25, -0.2) is 4.79 Å². The average Bonchev–Trinajstić information content (AvgIpc) is 2.99. The van der Waals surface area contributed by atoms with Crippen molar-refractivity contribution in [3.63, 3.8) is 0 Å². The van der Waals surface area contributed by atoms with E-state index >= 15 is 0 Å². The van der Waals surface area contributed by atoms with Crippen molar-refractivity contribution in [2.75, 3.05) is 0 Å². The van der Waals surface area contributed by atoms with Gasteiger partial charge in [-0.3, -0.25) is 14.9 Å². The molecule has 130 valence electrons. The summed E-state index contributed by atoms with van der Waals surface area (Å²) in [7, 11) is 0. The summed E-state index contributed by atoms with van der Waals surface area (Å²) in [6.45, 7) is 0.103. The fraction of sp³-hybridized carbons (Fsp3) is 0.667. The molecule has 1 aromatic rings. The van der Waals surface area contributed by atoms with Gasteiger partial charge >= 0.3 is 6.03 Å². The Morgan fingerprint density at radius 1 is 1.21 bits per heavy atom. The zero-order valence-electron chi connectivity index (χ0n) is 13.3. The van der Waals surface area contributed by atoms with Crippen molar-refractivity contribution in [3.8, 4) is 0 Å². The van der Waals surface area contributed by atoms with Gasteiger partial charge in [-0.1, -0.05) is 24.4 Å². The van der Waals surface area contributed by atoms with Gasteiger partial charge in [0.25, 0.3) is 0 Å². The number of hydrogen-bond donors (Lipinski definition) is 3. The molecular formula is C15H21N5O4. The first kappa shape index (κ1) is 16.4. The highest BCUT2D eigenvalue weighted by molar-refractivity contribution is 5.98. The van der Waals surface area contributed by atoms with E-state index in [0.29, 0.717) is 17.6 Å². The van der Waals surface area contributed by atoms with Crippen LogP contribution < -0.4 is 16.0 Å². The number of amides is 4. The summed E-state index contributed by atoms with van der Waals surface area (Å²) in [4.78, 5) is 39.1. The van der Waals surface area contributed by atoms with Crippen molar-refractivity contribution in [1.29, 1.82) is 0 Å². The molecule has 2 aliphatic rings. The lowest BCUT2D eigenvalue weighted by Crippen LogP contribution is -2.48. The van der Waals surface area contributed by atoms with E-state index in [4.69, 9.17) is 4.52 Å². The van der Waals surface area contributed by atoms with E-state index in [-0.39, 0.29) is 25.3 Å². The predicted molar refractivity (Wildman–Crippen MR) is 81.7 cm³/mol. The Hall–Kier alpha value is -2.45. The number of nitrogens with one attached hydrogen (secondary N) is 3. The van der Waals surface area contributed by atoms with Crippen LogP contribution in [0.1, 0.15) is 62.6 Å². The van der Waals surface area contributed by atoms with Gasteiger partial charge in [-0.05, 0) is 19.3 Å². The Kier molecular flexibility index (Phi) is 5.07. The quantitative estimate of drug-likeness (QED) is 0.744. The van der Waals surface area contributed by atoms with Gasteiger partial charge in [0.1, 0.15) is 6.04 Å². The molecule has 1 aliphatic heterocycles. The fourth-order valence-corrected chi connectivity index (χ4v) is 3.08. The minimum atomic E-state index is -0.753. The number of aromatic nitrogens is 2. The molecule has 0 unspecified atom stereocenters. The lowest BCUT2D eigenvalue weighted by atomic mass is 9.89. The number of rotatable bonds is 4. The maximum absolute atomic E-state index is 12.1. The second-order valence-corrected chi connectivity index (χ2v) is 6.21. The van der Waals surface area contributed by atoms with Crippen molar-refractivity contribution >= 4 is 17.8 Å². The van der Waals surface area contributed by atoms with Gasteiger partial charge in [-0.2, -0.15) is 4.98 Å². The third-order valence-corrected chi connectivity index (χ3v) is 4.40. The number of carbonyl (C=O) groups excluding carboxylic acids is 3. The molecule has 1 aromatic heterocycles. The molecule has 0 radical (unpaired) electrons. The van der Waals surface area contributed by atoms with Crippen LogP contribution in [0.15, 0.2) is 4.52 Å². The average molecular weight is 335 g/mol. The standard InChI is InChI=1S/C15H21N5O4/c21-11-7-6-10(17-15(23)18-11)14(22)16-8-12-19-13(20-24-12)9-4-2-1-3-5-9/h9-10H,1-8H2,(H,16,22)(H2,17,18,21,23)/t10-/m0/s1. The zero-order chi connectivity index (χ0) is 16.9. The molecule has 1 saturated carbocycles. The molecule has 1 saturated heterocycles. The van der Waals surface area contributed by atoms with Crippen LogP contribution in [0, 0.1) is 0 Å². The molecule has 0 bridgehead atoms. The van der Waals surface area contributed by atoms with Crippen LogP contribution in [0.25, 0.3) is 0 Å². The number of nitrogens with zero attached hydrogens (tertiary/aromatic N) is 2. The van der Waals surface area contributed by atoms with E-state index in [2.05, 4.69) is 26.1 Å². The number of carbonyl (C=O) groups is 3. The van der Waals surface area contributed by atoms with Crippen LogP contribution in [0.5, 0.6) is 0 Å². The molecule has 9 heteroatoms. The minimum Gasteiger partial charge on any atom is -0.345 e. The first-order valence-corrected chi connectivity index (χ1v) is 8.32. The van der Waals surface area contributed by atoms with Crippen molar-refractivity contribution in [1.82, 2.24) is 26.1 Å². The van der Waals surface area contributed by atoms with Gasteiger partial charge in [-0.15, -0.1) is 0 Å². The normalized spacial score (nSPS) is 22.4.